The normalized spacial score (nSPS) is 36.4. The van der Waals surface area contributed by atoms with Crippen LogP contribution in [-0.2, 0) is 14.2 Å². The molecule has 2 rings (SSSR count). The molecule has 80 valence electrons. The quantitative estimate of drug-likeness (QED) is 0.646. The van der Waals surface area contributed by atoms with E-state index in [0.29, 0.717) is 6.61 Å². The standard InChI is InChI=1S/C11H18O3/c1-8-5-4-6-9(13-8)10-7-12-11(2,3)14-10/h5,9-10H,4,6-7H2,1-3H3/t9-,10+/m0/s1. The van der Waals surface area contributed by atoms with Gasteiger partial charge in [0.2, 0.25) is 0 Å². The van der Waals surface area contributed by atoms with Gasteiger partial charge >= 0.3 is 0 Å². The first-order valence-corrected chi connectivity index (χ1v) is 5.22. The van der Waals surface area contributed by atoms with E-state index in [4.69, 9.17) is 14.2 Å². The van der Waals surface area contributed by atoms with Crippen LogP contribution in [0.1, 0.15) is 33.6 Å². The van der Waals surface area contributed by atoms with E-state index in [1.165, 1.54) is 0 Å². The lowest BCUT2D eigenvalue weighted by molar-refractivity contribution is -0.154. The molecule has 0 aromatic rings. The molecule has 0 N–H and O–H groups in total. The molecule has 2 heterocycles. The Balaban J connectivity index is 1.94. The minimum Gasteiger partial charge on any atom is -0.493 e. The lowest BCUT2D eigenvalue weighted by Gasteiger charge is -2.27. The van der Waals surface area contributed by atoms with E-state index in [1.54, 1.807) is 0 Å². The number of ether oxygens (including phenoxy) is 3. The molecule has 0 aliphatic carbocycles. The molecule has 3 nitrogen and oxygen atoms in total. The fourth-order valence-corrected chi connectivity index (χ4v) is 1.96. The smallest absolute Gasteiger partial charge is 0.163 e. The van der Waals surface area contributed by atoms with Gasteiger partial charge in [-0.2, -0.15) is 0 Å². The van der Waals surface area contributed by atoms with Gasteiger partial charge in [0, 0.05) is 0 Å². The zero-order chi connectivity index (χ0) is 10.2. The van der Waals surface area contributed by atoms with Crippen LogP contribution < -0.4 is 0 Å². The molecule has 0 bridgehead atoms. The minimum absolute atomic E-state index is 0.0913. The summed E-state index contributed by atoms with van der Waals surface area (Å²) >= 11 is 0. The molecule has 2 aliphatic rings. The third-order valence-electron chi connectivity index (χ3n) is 2.67. The summed E-state index contributed by atoms with van der Waals surface area (Å²) in [6.45, 7) is 6.52. The topological polar surface area (TPSA) is 27.7 Å². The Hall–Kier alpha value is -0.540. The van der Waals surface area contributed by atoms with Crippen molar-refractivity contribution in [1.82, 2.24) is 0 Å². The molecule has 0 aromatic carbocycles. The molecule has 0 amide bonds. The first kappa shape index (κ1) is 9.99. The van der Waals surface area contributed by atoms with E-state index >= 15 is 0 Å². The molecule has 1 fully saturated rings. The van der Waals surface area contributed by atoms with Crippen LogP contribution in [0, 0.1) is 0 Å². The monoisotopic (exact) mass is 198 g/mol. The number of hydrogen-bond acceptors (Lipinski definition) is 3. The van der Waals surface area contributed by atoms with Gasteiger partial charge in [0.1, 0.15) is 12.2 Å². The lowest BCUT2D eigenvalue weighted by atomic mass is 10.1. The second kappa shape index (κ2) is 3.55. The molecule has 0 unspecified atom stereocenters. The van der Waals surface area contributed by atoms with Crippen LogP contribution in [0.5, 0.6) is 0 Å². The van der Waals surface area contributed by atoms with Crippen molar-refractivity contribution >= 4 is 0 Å². The Morgan fingerprint density at radius 2 is 2.14 bits per heavy atom. The maximum absolute atomic E-state index is 5.76. The van der Waals surface area contributed by atoms with Crippen molar-refractivity contribution in [2.75, 3.05) is 6.61 Å². The molecule has 14 heavy (non-hydrogen) atoms. The highest BCUT2D eigenvalue weighted by Crippen LogP contribution is 2.29. The van der Waals surface area contributed by atoms with Crippen molar-refractivity contribution < 1.29 is 14.2 Å². The maximum Gasteiger partial charge on any atom is 0.163 e. The largest absolute Gasteiger partial charge is 0.493 e. The van der Waals surface area contributed by atoms with E-state index in [2.05, 4.69) is 6.08 Å². The maximum atomic E-state index is 5.76. The third kappa shape index (κ3) is 2.10. The van der Waals surface area contributed by atoms with Crippen LogP contribution in [0.25, 0.3) is 0 Å². The van der Waals surface area contributed by atoms with Gasteiger partial charge in [0.15, 0.2) is 5.79 Å². The summed E-state index contributed by atoms with van der Waals surface area (Å²) < 4.78 is 17.0. The van der Waals surface area contributed by atoms with Crippen LogP contribution in [0.15, 0.2) is 11.8 Å². The van der Waals surface area contributed by atoms with Crippen LogP contribution in [0.3, 0.4) is 0 Å². The van der Waals surface area contributed by atoms with Crippen molar-refractivity contribution in [1.29, 1.82) is 0 Å². The Morgan fingerprint density at radius 3 is 2.71 bits per heavy atom. The van der Waals surface area contributed by atoms with Crippen molar-refractivity contribution in [2.45, 2.75) is 51.6 Å². The molecule has 2 atom stereocenters. The van der Waals surface area contributed by atoms with E-state index < -0.39 is 5.79 Å². The second-order valence-corrected chi connectivity index (χ2v) is 4.42. The molecule has 2 aliphatic heterocycles. The van der Waals surface area contributed by atoms with E-state index in [9.17, 15) is 0 Å². The van der Waals surface area contributed by atoms with Gasteiger partial charge < -0.3 is 14.2 Å². The Labute approximate surface area is 85.0 Å². The molecule has 0 saturated carbocycles. The fourth-order valence-electron chi connectivity index (χ4n) is 1.96. The first-order chi connectivity index (χ1) is 6.57. The molecular formula is C11H18O3. The summed E-state index contributed by atoms with van der Waals surface area (Å²) in [4.78, 5) is 0. The Kier molecular flexibility index (Phi) is 2.54. The summed E-state index contributed by atoms with van der Waals surface area (Å²) in [7, 11) is 0. The van der Waals surface area contributed by atoms with E-state index in [0.717, 1.165) is 18.6 Å². The van der Waals surface area contributed by atoms with E-state index in [1.807, 2.05) is 20.8 Å². The zero-order valence-electron chi connectivity index (χ0n) is 9.08. The fraction of sp³-hybridized carbons (Fsp3) is 0.818. The average molecular weight is 198 g/mol. The van der Waals surface area contributed by atoms with Gasteiger partial charge in [0.25, 0.3) is 0 Å². The van der Waals surface area contributed by atoms with Crippen LogP contribution in [0.2, 0.25) is 0 Å². The van der Waals surface area contributed by atoms with Crippen molar-refractivity contribution in [2.24, 2.45) is 0 Å². The molecule has 0 radical (unpaired) electrons. The van der Waals surface area contributed by atoms with Crippen molar-refractivity contribution in [3.63, 3.8) is 0 Å². The number of allylic oxidation sites excluding steroid dienone is 2. The average Bonchev–Trinajstić information content (AvgIpc) is 2.46. The highest BCUT2D eigenvalue weighted by atomic mass is 16.7. The molecule has 0 aromatic heterocycles. The summed E-state index contributed by atoms with van der Waals surface area (Å²) in [6.07, 6.45) is 4.49. The first-order valence-electron chi connectivity index (χ1n) is 5.22. The van der Waals surface area contributed by atoms with Gasteiger partial charge in [-0.1, -0.05) is 0 Å². The minimum atomic E-state index is -0.441. The number of rotatable bonds is 1. The summed E-state index contributed by atoms with van der Waals surface area (Å²) in [6, 6.07) is 0. The third-order valence-corrected chi connectivity index (χ3v) is 2.67. The second-order valence-electron chi connectivity index (χ2n) is 4.42. The van der Waals surface area contributed by atoms with Crippen LogP contribution in [-0.4, -0.2) is 24.6 Å². The summed E-state index contributed by atoms with van der Waals surface area (Å²) in [5, 5.41) is 0. The molecular weight excluding hydrogens is 180 g/mol. The van der Waals surface area contributed by atoms with Gasteiger partial charge in [-0.3, -0.25) is 0 Å². The van der Waals surface area contributed by atoms with E-state index in [-0.39, 0.29) is 12.2 Å². The number of hydrogen-bond donors (Lipinski definition) is 0. The summed E-state index contributed by atoms with van der Waals surface area (Å²) in [5.74, 6) is 0.567. The SMILES string of the molecule is CC1=CCC[C@@H]([C@H]2COC(C)(C)O2)O1. The lowest BCUT2D eigenvalue weighted by Crippen LogP contribution is -2.33. The van der Waals surface area contributed by atoms with Gasteiger partial charge in [-0.25, -0.2) is 0 Å². The van der Waals surface area contributed by atoms with Crippen molar-refractivity contribution in [3.05, 3.63) is 11.8 Å². The Morgan fingerprint density at radius 1 is 1.36 bits per heavy atom. The summed E-state index contributed by atoms with van der Waals surface area (Å²) in [5.41, 5.74) is 0. The Bertz CT molecular complexity index is 245. The zero-order valence-corrected chi connectivity index (χ0v) is 9.08. The molecule has 0 spiro atoms. The highest BCUT2D eigenvalue weighted by molar-refractivity contribution is 4.96. The molecule has 1 saturated heterocycles. The van der Waals surface area contributed by atoms with Gasteiger partial charge in [-0.05, 0) is 39.7 Å². The van der Waals surface area contributed by atoms with Crippen molar-refractivity contribution in [3.8, 4) is 0 Å². The van der Waals surface area contributed by atoms with Crippen LogP contribution in [0.4, 0.5) is 0 Å². The predicted octanol–water partition coefficient (Wildman–Crippen LogP) is 2.22. The molecule has 3 heteroatoms. The van der Waals surface area contributed by atoms with Gasteiger partial charge in [0.05, 0.1) is 12.4 Å². The predicted molar refractivity (Wildman–Crippen MR) is 52.8 cm³/mol. The highest BCUT2D eigenvalue weighted by Gasteiger charge is 2.38. The van der Waals surface area contributed by atoms with Gasteiger partial charge in [-0.15, -0.1) is 0 Å². The van der Waals surface area contributed by atoms with Crippen LogP contribution >= 0.6 is 0 Å².